The Kier molecular flexibility index (Phi) is 7.07. The molecule has 0 aliphatic heterocycles. The molecule has 1 N–H and O–H groups in total. The fourth-order valence-corrected chi connectivity index (χ4v) is 2.98. The molecule has 25 heavy (non-hydrogen) atoms. The Hall–Kier alpha value is -2.27. The fourth-order valence-electron chi connectivity index (χ4n) is 2.27. The lowest BCUT2D eigenvalue weighted by Gasteiger charge is -2.11. The van der Waals surface area contributed by atoms with Crippen molar-refractivity contribution < 1.29 is 14.3 Å². The van der Waals surface area contributed by atoms with E-state index in [-0.39, 0.29) is 23.2 Å². The largest absolute Gasteiger partial charge is 0.492 e. The van der Waals surface area contributed by atoms with E-state index in [1.54, 1.807) is 6.07 Å². The third-order valence-corrected chi connectivity index (χ3v) is 4.69. The zero-order valence-electron chi connectivity index (χ0n) is 14.8. The molecule has 0 atom stereocenters. The quantitative estimate of drug-likeness (QED) is 0.717. The summed E-state index contributed by atoms with van der Waals surface area (Å²) >= 11 is 1.31. The van der Waals surface area contributed by atoms with Crippen LogP contribution >= 0.6 is 11.8 Å². The summed E-state index contributed by atoms with van der Waals surface area (Å²) in [5.41, 5.74) is 3.60. The molecule has 2 aromatic rings. The molecule has 4 nitrogen and oxygen atoms in total. The number of para-hydroxylation sites is 2. The Morgan fingerprint density at radius 1 is 1.04 bits per heavy atom. The van der Waals surface area contributed by atoms with E-state index < -0.39 is 0 Å². The minimum atomic E-state index is -0.148. The van der Waals surface area contributed by atoms with E-state index in [1.165, 1.54) is 11.8 Å². The average molecular weight is 357 g/mol. The molecule has 2 rings (SSSR count). The number of carbonyl (C=O) groups is 2. The number of hydrogen-bond donors (Lipinski definition) is 1. The first-order valence-corrected chi connectivity index (χ1v) is 9.36. The van der Waals surface area contributed by atoms with Crippen molar-refractivity contribution in [3.05, 3.63) is 59.2 Å². The number of rotatable bonds is 8. The standard InChI is InChI=1S/C20H23NO3S/c1-4-24-19-8-6-5-7-17(19)21-20(23)13-25-12-18(22)16-10-9-14(2)15(3)11-16/h5-11H,4,12-13H2,1-3H3,(H,21,23). The molecule has 0 bridgehead atoms. The molecule has 0 spiro atoms. The summed E-state index contributed by atoms with van der Waals surface area (Å²) in [7, 11) is 0. The smallest absolute Gasteiger partial charge is 0.234 e. The van der Waals surface area contributed by atoms with E-state index in [0.29, 0.717) is 23.6 Å². The molecule has 0 fully saturated rings. The van der Waals surface area contributed by atoms with Crippen molar-refractivity contribution in [2.75, 3.05) is 23.4 Å². The lowest BCUT2D eigenvalue weighted by atomic mass is 10.0. The number of benzene rings is 2. The molecule has 0 radical (unpaired) electrons. The average Bonchev–Trinajstić information content (AvgIpc) is 2.59. The molecule has 0 aliphatic carbocycles. The van der Waals surface area contributed by atoms with Crippen LogP contribution in [0.3, 0.4) is 0 Å². The minimum Gasteiger partial charge on any atom is -0.492 e. The third kappa shape index (κ3) is 5.64. The number of thioether (sulfide) groups is 1. The van der Waals surface area contributed by atoms with Gasteiger partial charge in [-0.3, -0.25) is 9.59 Å². The van der Waals surface area contributed by atoms with E-state index in [9.17, 15) is 9.59 Å². The maximum atomic E-state index is 12.2. The predicted octanol–water partition coefficient (Wildman–Crippen LogP) is 4.26. The second-order valence-electron chi connectivity index (χ2n) is 5.69. The van der Waals surface area contributed by atoms with Gasteiger partial charge >= 0.3 is 0 Å². The van der Waals surface area contributed by atoms with Gasteiger partial charge in [0.1, 0.15) is 5.75 Å². The van der Waals surface area contributed by atoms with Gasteiger partial charge in [-0.2, -0.15) is 0 Å². The predicted molar refractivity (Wildman–Crippen MR) is 104 cm³/mol. The summed E-state index contributed by atoms with van der Waals surface area (Å²) in [5, 5.41) is 2.83. The van der Waals surface area contributed by atoms with Crippen LogP contribution in [0, 0.1) is 13.8 Å². The Labute approximate surface area is 153 Å². The summed E-state index contributed by atoms with van der Waals surface area (Å²) < 4.78 is 5.48. The SMILES string of the molecule is CCOc1ccccc1NC(=O)CSCC(=O)c1ccc(C)c(C)c1. The Balaban J connectivity index is 1.84. The third-order valence-electron chi connectivity index (χ3n) is 3.76. The Bertz CT molecular complexity index is 758. The van der Waals surface area contributed by atoms with E-state index in [2.05, 4.69) is 5.32 Å². The van der Waals surface area contributed by atoms with Crippen molar-refractivity contribution in [3.8, 4) is 5.75 Å². The zero-order chi connectivity index (χ0) is 18.2. The number of hydrogen-bond acceptors (Lipinski definition) is 4. The number of ketones is 1. The van der Waals surface area contributed by atoms with Crippen LogP contribution in [0.25, 0.3) is 0 Å². The van der Waals surface area contributed by atoms with Crippen LogP contribution in [0.15, 0.2) is 42.5 Å². The molecule has 0 saturated carbocycles. The van der Waals surface area contributed by atoms with Gasteiger partial charge in [0.2, 0.25) is 5.91 Å². The van der Waals surface area contributed by atoms with Gasteiger partial charge in [-0.15, -0.1) is 11.8 Å². The Morgan fingerprint density at radius 3 is 2.52 bits per heavy atom. The second-order valence-corrected chi connectivity index (χ2v) is 6.68. The van der Waals surface area contributed by atoms with Crippen LogP contribution < -0.4 is 10.1 Å². The highest BCUT2D eigenvalue weighted by atomic mass is 32.2. The van der Waals surface area contributed by atoms with E-state index in [4.69, 9.17) is 4.74 Å². The molecule has 0 aliphatic rings. The summed E-state index contributed by atoms with van der Waals surface area (Å²) in [5.74, 6) is 1.04. The molecule has 5 heteroatoms. The maximum absolute atomic E-state index is 12.2. The van der Waals surface area contributed by atoms with Crippen molar-refractivity contribution in [1.82, 2.24) is 0 Å². The lowest BCUT2D eigenvalue weighted by molar-refractivity contribution is -0.113. The van der Waals surface area contributed by atoms with E-state index in [1.807, 2.05) is 57.2 Å². The minimum absolute atomic E-state index is 0.0376. The summed E-state index contributed by atoms with van der Waals surface area (Å²) in [6, 6.07) is 13.0. The molecule has 132 valence electrons. The highest BCUT2D eigenvalue weighted by Crippen LogP contribution is 2.23. The number of nitrogens with one attached hydrogen (secondary N) is 1. The van der Waals surface area contributed by atoms with Gasteiger partial charge in [0.25, 0.3) is 0 Å². The normalized spacial score (nSPS) is 10.4. The first kappa shape index (κ1) is 19.1. The van der Waals surface area contributed by atoms with Crippen molar-refractivity contribution in [3.63, 3.8) is 0 Å². The highest BCUT2D eigenvalue weighted by molar-refractivity contribution is 8.00. The first-order chi connectivity index (χ1) is 12.0. The molecular formula is C20H23NO3S. The number of anilines is 1. The number of amides is 1. The summed E-state index contributed by atoms with van der Waals surface area (Å²) in [6.07, 6.45) is 0. The van der Waals surface area contributed by atoms with Gasteiger partial charge in [0, 0.05) is 5.56 Å². The van der Waals surface area contributed by atoms with Gasteiger partial charge in [-0.05, 0) is 50.1 Å². The van der Waals surface area contributed by atoms with Crippen molar-refractivity contribution >= 4 is 29.1 Å². The summed E-state index contributed by atoms with van der Waals surface area (Å²) in [4.78, 5) is 24.3. The van der Waals surface area contributed by atoms with Crippen molar-refractivity contribution in [2.45, 2.75) is 20.8 Å². The first-order valence-electron chi connectivity index (χ1n) is 8.21. The number of carbonyl (C=O) groups excluding carboxylic acids is 2. The lowest BCUT2D eigenvalue weighted by Crippen LogP contribution is -2.16. The molecule has 0 heterocycles. The molecule has 0 saturated heterocycles. The van der Waals surface area contributed by atoms with Crippen LogP contribution in [0.1, 0.15) is 28.4 Å². The molecular weight excluding hydrogens is 334 g/mol. The molecule has 2 aromatic carbocycles. The number of aryl methyl sites for hydroxylation is 2. The van der Waals surface area contributed by atoms with Crippen LogP contribution in [0.5, 0.6) is 5.75 Å². The monoisotopic (exact) mass is 357 g/mol. The van der Waals surface area contributed by atoms with Crippen molar-refractivity contribution in [1.29, 1.82) is 0 Å². The highest BCUT2D eigenvalue weighted by Gasteiger charge is 2.11. The zero-order valence-corrected chi connectivity index (χ0v) is 15.6. The summed E-state index contributed by atoms with van der Waals surface area (Å²) in [6.45, 7) is 6.43. The van der Waals surface area contributed by atoms with Gasteiger partial charge in [0.15, 0.2) is 5.78 Å². The number of ether oxygens (including phenoxy) is 1. The van der Waals surface area contributed by atoms with Crippen LogP contribution in [0.4, 0.5) is 5.69 Å². The van der Waals surface area contributed by atoms with Gasteiger partial charge < -0.3 is 10.1 Å². The fraction of sp³-hybridized carbons (Fsp3) is 0.300. The molecule has 0 unspecified atom stereocenters. The van der Waals surface area contributed by atoms with E-state index in [0.717, 1.165) is 11.1 Å². The van der Waals surface area contributed by atoms with E-state index >= 15 is 0 Å². The maximum Gasteiger partial charge on any atom is 0.234 e. The van der Waals surface area contributed by atoms with Crippen LogP contribution in [-0.4, -0.2) is 29.8 Å². The van der Waals surface area contributed by atoms with Gasteiger partial charge in [-0.25, -0.2) is 0 Å². The van der Waals surface area contributed by atoms with Gasteiger partial charge in [0.05, 0.1) is 23.8 Å². The van der Waals surface area contributed by atoms with Crippen LogP contribution in [-0.2, 0) is 4.79 Å². The second kappa shape index (κ2) is 9.28. The number of Topliss-reactive ketones (excluding diaryl/α,β-unsaturated/α-hetero) is 1. The Morgan fingerprint density at radius 2 is 1.80 bits per heavy atom. The van der Waals surface area contributed by atoms with Gasteiger partial charge in [-0.1, -0.05) is 24.3 Å². The van der Waals surface area contributed by atoms with Crippen LogP contribution in [0.2, 0.25) is 0 Å². The topological polar surface area (TPSA) is 55.4 Å². The molecule has 1 amide bonds. The molecule has 0 aromatic heterocycles. The van der Waals surface area contributed by atoms with Crippen molar-refractivity contribution in [2.24, 2.45) is 0 Å².